The van der Waals surface area contributed by atoms with Crippen molar-refractivity contribution in [2.75, 3.05) is 0 Å². The molecule has 2 rings (SSSR count). The summed E-state index contributed by atoms with van der Waals surface area (Å²) in [5, 5.41) is 0. The molecule has 5 heteroatoms. The first kappa shape index (κ1) is 13.5. The molecule has 1 aliphatic carbocycles. The van der Waals surface area contributed by atoms with Gasteiger partial charge in [-0.15, -0.1) is 0 Å². The van der Waals surface area contributed by atoms with E-state index >= 15 is 0 Å². The topological polar surface area (TPSA) is 72.2 Å². The van der Waals surface area contributed by atoms with Crippen molar-refractivity contribution in [3.05, 3.63) is 29.8 Å². The van der Waals surface area contributed by atoms with Crippen LogP contribution < -0.4 is 10.5 Å². The second kappa shape index (κ2) is 5.38. The molecule has 1 aliphatic rings. The van der Waals surface area contributed by atoms with E-state index in [1.807, 2.05) is 6.92 Å². The maximum absolute atomic E-state index is 12.2. The van der Waals surface area contributed by atoms with Gasteiger partial charge in [-0.3, -0.25) is 0 Å². The average Bonchev–Trinajstić information content (AvgIpc) is 2.32. The Morgan fingerprint density at radius 1 is 1.17 bits per heavy atom. The summed E-state index contributed by atoms with van der Waals surface area (Å²) in [5.74, 6) is 0. The van der Waals surface area contributed by atoms with Gasteiger partial charge < -0.3 is 5.73 Å². The number of nitrogens with two attached hydrogens (primary N) is 1. The number of aryl methyl sites for hydroxylation is 1. The Bertz CT molecular complexity index is 496. The van der Waals surface area contributed by atoms with E-state index in [2.05, 4.69) is 4.72 Å². The van der Waals surface area contributed by atoms with Gasteiger partial charge in [0.1, 0.15) is 0 Å². The fourth-order valence-electron chi connectivity index (χ4n) is 2.29. The van der Waals surface area contributed by atoms with Gasteiger partial charge in [0.25, 0.3) is 0 Å². The average molecular weight is 268 g/mol. The van der Waals surface area contributed by atoms with Gasteiger partial charge in [0.15, 0.2) is 0 Å². The molecule has 3 N–H and O–H groups in total. The Kier molecular flexibility index (Phi) is 4.04. The van der Waals surface area contributed by atoms with Crippen LogP contribution in [0.25, 0.3) is 0 Å². The summed E-state index contributed by atoms with van der Waals surface area (Å²) in [6.07, 6.45) is 3.84. The molecule has 0 aliphatic heterocycles. The summed E-state index contributed by atoms with van der Waals surface area (Å²) < 4.78 is 27.1. The molecule has 1 saturated carbocycles. The fraction of sp³-hybridized carbons (Fsp3) is 0.538. The zero-order valence-corrected chi connectivity index (χ0v) is 11.4. The van der Waals surface area contributed by atoms with Crippen molar-refractivity contribution in [2.45, 2.75) is 49.6 Å². The summed E-state index contributed by atoms with van der Waals surface area (Å²) in [6.45, 7) is 1.93. The van der Waals surface area contributed by atoms with Crippen LogP contribution in [0.4, 0.5) is 0 Å². The molecule has 1 fully saturated rings. The minimum Gasteiger partial charge on any atom is -0.326 e. The molecular formula is C13H20N2O2S. The molecule has 0 spiro atoms. The molecule has 0 amide bonds. The van der Waals surface area contributed by atoms with Gasteiger partial charge in [0.05, 0.1) is 4.90 Å². The molecule has 18 heavy (non-hydrogen) atoms. The zero-order valence-electron chi connectivity index (χ0n) is 10.6. The van der Waals surface area contributed by atoms with Gasteiger partial charge >= 0.3 is 0 Å². The Morgan fingerprint density at radius 3 is 2.39 bits per heavy atom. The highest BCUT2D eigenvalue weighted by Crippen LogP contribution is 2.19. The number of rotatable bonds is 3. The van der Waals surface area contributed by atoms with Crippen molar-refractivity contribution in [3.63, 3.8) is 0 Å². The number of sulfonamides is 1. The van der Waals surface area contributed by atoms with Crippen molar-refractivity contribution in [1.29, 1.82) is 0 Å². The quantitative estimate of drug-likeness (QED) is 0.873. The van der Waals surface area contributed by atoms with Gasteiger partial charge in [-0.1, -0.05) is 30.5 Å². The first-order valence-corrected chi connectivity index (χ1v) is 7.82. The maximum atomic E-state index is 12.2. The first-order chi connectivity index (χ1) is 8.49. The predicted molar refractivity (Wildman–Crippen MR) is 71.7 cm³/mol. The summed E-state index contributed by atoms with van der Waals surface area (Å²) >= 11 is 0. The Balaban J connectivity index is 2.13. The van der Waals surface area contributed by atoms with Crippen LogP contribution in [0.5, 0.6) is 0 Å². The molecule has 1 aromatic rings. The third kappa shape index (κ3) is 3.10. The molecule has 0 saturated heterocycles. The molecule has 100 valence electrons. The van der Waals surface area contributed by atoms with Crippen LogP contribution in [0.15, 0.2) is 29.2 Å². The second-order valence-electron chi connectivity index (χ2n) is 4.99. The minimum atomic E-state index is -3.44. The van der Waals surface area contributed by atoms with Crippen LogP contribution in [0.1, 0.15) is 31.2 Å². The Labute approximate surface area is 109 Å². The van der Waals surface area contributed by atoms with E-state index in [1.165, 1.54) is 0 Å². The Morgan fingerprint density at radius 2 is 1.78 bits per heavy atom. The van der Waals surface area contributed by atoms with E-state index < -0.39 is 10.0 Å². The van der Waals surface area contributed by atoms with Gasteiger partial charge in [-0.2, -0.15) is 0 Å². The molecule has 0 bridgehead atoms. The van der Waals surface area contributed by atoms with Crippen molar-refractivity contribution in [2.24, 2.45) is 5.73 Å². The minimum absolute atomic E-state index is 0.0704. The molecule has 0 unspecified atom stereocenters. The molecule has 2 atom stereocenters. The Hall–Kier alpha value is -0.910. The third-order valence-electron chi connectivity index (χ3n) is 3.46. The number of nitrogens with one attached hydrogen (secondary N) is 1. The van der Waals surface area contributed by atoms with E-state index in [0.29, 0.717) is 4.90 Å². The van der Waals surface area contributed by atoms with Gasteiger partial charge in [-0.25, -0.2) is 13.1 Å². The lowest BCUT2D eigenvalue weighted by Crippen LogP contribution is -2.49. The number of hydrogen-bond acceptors (Lipinski definition) is 3. The van der Waals surface area contributed by atoms with E-state index in [9.17, 15) is 8.42 Å². The van der Waals surface area contributed by atoms with Gasteiger partial charge in [0.2, 0.25) is 10.0 Å². The highest BCUT2D eigenvalue weighted by molar-refractivity contribution is 7.89. The van der Waals surface area contributed by atoms with Gasteiger partial charge in [-0.05, 0) is 31.9 Å². The zero-order chi connectivity index (χ0) is 13.2. The van der Waals surface area contributed by atoms with Crippen LogP contribution in [-0.4, -0.2) is 20.5 Å². The summed E-state index contributed by atoms with van der Waals surface area (Å²) in [6, 6.07) is 6.66. The van der Waals surface area contributed by atoms with Crippen LogP contribution in [-0.2, 0) is 10.0 Å². The van der Waals surface area contributed by atoms with E-state index in [-0.39, 0.29) is 12.1 Å². The molecular weight excluding hydrogens is 248 g/mol. The molecule has 4 nitrogen and oxygen atoms in total. The normalized spacial score (nSPS) is 25.0. The smallest absolute Gasteiger partial charge is 0.240 e. The fourth-order valence-corrected chi connectivity index (χ4v) is 3.61. The van der Waals surface area contributed by atoms with Crippen LogP contribution >= 0.6 is 0 Å². The van der Waals surface area contributed by atoms with Crippen molar-refractivity contribution in [3.8, 4) is 0 Å². The first-order valence-electron chi connectivity index (χ1n) is 6.33. The van der Waals surface area contributed by atoms with Gasteiger partial charge in [0, 0.05) is 12.1 Å². The monoisotopic (exact) mass is 268 g/mol. The lowest BCUT2D eigenvalue weighted by molar-refractivity contribution is 0.361. The molecule has 1 aromatic carbocycles. The highest BCUT2D eigenvalue weighted by atomic mass is 32.2. The van der Waals surface area contributed by atoms with Crippen LogP contribution in [0, 0.1) is 6.92 Å². The van der Waals surface area contributed by atoms with Crippen LogP contribution in [0.2, 0.25) is 0 Å². The SMILES string of the molecule is Cc1ccc(S(=O)(=O)N[C@@H]2CCCC[C@@H]2N)cc1. The lowest BCUT2D eigenvalue weighted by Gasteiger charge is -2.29. The molecule has 0 radical (unpaired) electrons. The molecule has 0 heterocycles. The summed E-state index contributed by atoms with van der Waals surface area (Å²) in [7, 11) is -3.44. The van der Waals surface area contributed by atoms with Crippen LogP contribution in [0.3, 0.4) is 0 Å². The van der Waals surface area contributed by atoms with E-state index in [0.717, 1.165) is 31.2 Å². The second-order valence-corrected chi connectivity index (χ2v) is 6.70. The maximum Gasteiger partial charge on any atom is 0.240 e. The molecule has 0 aromatic heterocycles. The largest absolute Gasteiger partial charge is 0.326 e. The summed E-state index contributed by atoms with van der Waals surface area (Å²) in [4.78, 5) is 0.311. The number of hydrogen-bond donors (Lipinski definition) is 2. The van der Waals surface area contributed by atoms with Crippen molar-refractivity contribution >= 4 is 10.0 Å². The summed E-state index contributed by atoms with van der Waals surface area (Å²) in [5.41, 5.74) is 7.01. The third-order valence-corrected chi connectivity index (χ3v) is 4.96. The number of benzene rings is 1. The highest BCUT2D eigenvalue weighted by Gasteiger charge is 2.26. The van der Waals surface area contributed by atoms with E-state index in [1.54, 1.807) is 24.3 Å². The standard InChI is InChI=1S/C13H20N2O2S/c1-10-6-8-11(9-7-10)18(16,17)15-13-5-3-2-4-12(13)14/h6-9,12-13,15H,2-5,14H2,1H3/t12-,13+/m0/s1. The van der Waals surface area contributed by atoms with Crippen molar-refractivity contribution < 1.29 is 8.42 Å². The predicted octanol–water partition coefficient (Wildman–Crippen LogP) is 1.54. The van der Waals surface area contributed by atoms with E-state index in [4.69, 9.17) is 5.73 Å². The lowest BCUT2D eigenvalue weighted by atomic mass is 9.92. The van der Waals surface area contributed by atoms with Crippen molar-refractivity contribution in [1.82, 2.24) is 4.72 Å².